The van der Waals surface area contributed by atoms with Gasteiger partial charge in [-0.05, 0) is 12.8 Å². The molecular formula is C23H54N4. The molecule has 0 saturated heterocycles. The van der Waals surface area contributed by atoms with Crippen molar-refractivity contribution in [1.29, 1.82) is 0 Å². The highest BCUT2D eigenvalue weighted by Gasteiger charge is 1.95. The molecule has 8 N–H and O–H groups in total. The summed E-state index contributed by atoms with van der Waals surface area (Å²) >= 11 is 0. The first-order valence-corrected chi connectivity index (χ1v) is 12.1. The third kappa shape index (κ3) is 33.8. The summed E-state index contributed by atoms with van der Waals surface area (Å²) in [6.07, 6.45) is 24.8. The molecule has 0 rings (SSSR count). The van der Waals surface area contributed by atoms with Crippen molar-refractivity contribution >= 4 is 0 Å². The van der Waals surface area contributed by atoms with Crippen LogP contribution in [-0.2, 0) is 0 Å². The van der Waals surface area contributed by atoms with E-state index in [1.165, 1.54) is 109 Å². The van der Waals surface area contributed by atoms with Gasteiger partial charge < -0.3 is 22.9 Å². The molecule has 0 bridgehead atoms. The first kappa shape index (κ1) is 29.0. The lowest BCUT2D eigenvalue weighted by Crippen LogP contribution is -2.29. The highest BCUT2D eigenvalue weighted by molar-refractivity contribution is 4.53. The average molecular weight is 387 g/mol. The second-order valence-electron chi connectivity index (χ2n) is 8.21. The standard InChI is InChI=1S/C12H28N2.C11H26N2/c1-2-3-4-5-6-7-8-9-10-11-12(13)14;1-2-3-4-5-6-7-8-9-10-11(12)13/h12H,2-11,13-14H2,1H3;11H,2-10,12-13H2,1H3. The maximum Gasteiger partial charge on any atom is 0.0520 e. The van der Waals surface area contributed by atoms with Gasteiger partial charge in [0.25, 0.3) is 0 Å². The van der Waals surface area contributed by atoms with Crippen LogP contribution < -0.4 is 22.9 Å². The topological polar surface area (TPSA) is 104 Å². The van der Waals surface area contributed by atoms with Gasteiger partial charge in [-0.2, -0.15) is 0 Å². The fraction of sp³-hybridized carbons (Fsp3) is 1.00. The van der Waals surface area contributed by atoms with E-state index >= 15 is 0 Å². The zero-order chi connectivity index (χ0) is 20.6. The van der Waals surface area contributed by atoms with Crippen LogP contribution in [0.1, 0.15) is 136 Å². The smallest absolute Gasteiger partial charge is 0.0520 e. The summed E-state index contributed by atoms with van der Waals surface area (Å²) in [5.74, 6) is 0. The van der Waals surface area contributed by atoms with E-state index < -0.39 is 0 Å². The minimum absolute atomic E-state index is 0.0971. The molecule has 0 saturated carbocycles. The molecule has 0 aromatic heterocycles. The molecule has 0 radical (unpaired) electrons. The zero-order valence-corrected chi connectivity index (χ0v) is 18.9. The SMILES string of the molecule is CCCCCCCCCCC(N)N.CCCCCCCCCCCC(N)N. The van der Waals surface area contributed by atoms with Crippen LogP contribution >= 0.6 is 0 Å². The molecule has 4 heteroatoms. The van der Waals surface area contributed by atoms with Crippen LogP contribution in [0.3, 0.4) is 0 Å². The Morgan fingerprint density at radius 3 is 0.815 bits per heavy atom. The first-order chi connectivity index (χ1) is 13.0. The molecule has 4 nitrogen and oxygen atoms in total. The first-order valence-electron chi connectivity index (χ1n) is 12.1. The summed E-state index contributed by atoms with van der Waals surface area (Å²) in [4.78, 5) is 0. The fourth-order valence-electron chi connectivity index (χ4n) is 3.20. The second-order valence-corrected chi connectivity index (χ2v) is 8.21. The number of hydrogen-bond acceptors (Lipinski definition) is 4. The number of hydrogen-bond donors (Lipinski definition) is 4. The fourth-order valence-corrected chi connectivity index (χ4v) is 3.20. The van der Waals surface area contributed by atoms with Gasteiger partial charge in [-0.15, -0.1) is 0 Å². The molecule has 0 atom stereocenters. The Bertz CT molecular complexity index is 245. The van der Waals surface area contributed by atoms with Crippen molar-refractivity contribution in [2.45, 2.75) is 148 Å². The monoisotopic (exact) mass is 386 g/mol. The minimum Gasteiger partial charge on any atom is -0.316 e. The lowest BCUT2D eigenvalue weighted by atomic mass is 10.1. The summed E-state index contributed by atoms with van der Waals surface area (Å²) in [7, 11) is 0. The molecule has 27 heavy (non-hydrogen) atoms. The van der Waals surface area contributed by atoms with Crippen LogP contribution in [0.15, 0.2) is 0 Å². The van der Waals surface area contributed by atoms with E-state index in [1.54, 1.807) is 0 Å². The lowest BCUT2D eigenvalue weighted by Gasteiger charge is -2.04. The molecule has 0 aliphatic heterocycles. The molecule has 0 unspecified atom stereocenters. The van der Waals surface area contributed by atoms with Gasteiger partial charge in [0.05, 0.1) is 12.3 Å². The van der Waals surface area contributed by atoms with E-state index in [2.05, 4.69) is 13.8 Å². The molecular weight excluding hydrogens is 332 g/mol. The van der Waals surface area contributed by atoms with Gasteiger partial charge in [0.2, 0.25) is 0 Å². The van der Waals surface area contributed by atoms with E-state index in [0.717, 1.165) is 12.8 Å². The Balaban J connectivity index is 0. The molecule has 0 aromatic carbocycles. The third-order valence-electron chi connectivity index (χ3n) is 5.03. The van der Waals surface area contributed by atoms with Crippen LogP contribution in [0.25, 0.3) is 0 Å². The van der Waals surface area contributed by atoms with Crippen molar-refractivity contribution in [1.82, 2.24) is 0 Å². The predicted molar refractivity (Wildman–Crippen MR) is 123 cm³/mol. The van der Waals surface area contributed by atoms with Crippen LogP contribution in [0.4, 0.5) is 0 Å². The molecule has 0 heterocycles. The van der Waals surface area contributed by atoms with Crippen molar-refractivity contribution in [2.24, 2.45) is 22.9 Å². The molecule has 0 aliphatic rings. The van der Waals surface area contributed by atoms with E-state index in [0.29, 0.717) is 0 Å². The van der Waals surface area contributed by atoms with Gasteiger partial charge in [0, 0.05) is 0 Å². The largest absolute Gasteiger partial charge is 0.316 e. The number of unbranched alkanes of at least 4 members (excludes halogenated alkanes) is 15. The van der Waals surface area contributed by atoms with Gasteiger partial charge in [-0.1, -0.05) is 123 Å². The normalized spacial score (nSPS) is 11.1. The Kier molecular flexibility index (Phi) is 27.8. The second kappa shape index (κ2) is 25.8. The van der Waals surface area contributed by atoms with Gasteiger partial charge >= 0.3 is 0 Å². The van der Waals surface area contributed by atoms with E-state index in [9.17, 15) is 0 Å². The van der Waals surface area contributed by atoms with Crippen molar-refractivity contribution in [2.75, 3.05) is 0 Å². The highest BCUT2D eigenvalue weighted by atomic mass is 14.8. The average Bonchev–Trinajstić information content (AvgIpc) is 2.62. The number of rotatable bonds is 19. The Morgan fingerprint density at radius 1 is 0.370 bits per heavy atom. The molecule has 0 aromatic rings. The minimum atomic E-state index is -0.0976. The third-order valence-corrected chi connectivity index (χ3v) is 5.03. The summed E-state index contributed by atoms with van der Waals surface area (Å²) in [5.41, 5.74) is 21.8. The van der Waals surface area contributed by atoms with Crippen LogP contribution in [0.5, 0.6) is 0 Å². The van der Waals surface area contributed by atoms with Gasteiger partial charge in [-0.3, -0.25) is 0 Å². The summed E-state index contributed by atoms with van der Waals surface area (Å²) in [5, 5.41) is 0. The summed E-state index contributed by atoms with van der Waals surface area (Å²) in [6, 6.07) is 0. The van der Waals surface area contributed by atoms with Crippen molar-refractivity contribution in [3.05, 3.63) is 0 Å². The van der Waals surface area contributed by atoms with E-state index in [-0.39, 0.29) is 12.3 Å². The zero-order valence-electron chi connectivity index (χ0n) is 18.9. The lowest BCUT2D eigenvalue weighted by molar-refractivity contribution is 0.530. The highest BCUT2D eigenvalue weighted by Crippen LogP contribution is 2.10. The Morgan fingerprint density at radius 2 is 0.593 bits per heavy atom. The van der Waals surface area contributed by atoms with Crippen LogP contribution in [0.2, 0.25) is 0 Å². The number of nitrogens with two attached hydrogens (primary N) is 4. The van der Waals surface area contributed by atoms with Crippen molar-refractivity contribution < 1.29 is 0 Å². The Labute approximate surface area is 171 Å². The van der Waals surface area contributed by atoms with Crippen molar-refractivity contribution in [3.63, 3.8) is 0 Å². The molecule has 166 valence electrons. The van der Waals surface area contributed by atoms with E-state index in [1.807, 2.05) is 0 Å². The molecule has 0 amide bonds. The Hall–Kier alpha value is -0.160. The van der Waals surface area contributed by atoms with Crippen molar-refractivity contribution in [3.8, 4) is 0 Å². The maximum atomic E-state index is 5.47. The van der Waals surface area contributed by atoms with Gasteiger partial charge in [0.1, 0.15) is 0 Å². The summed E-state index contributed by atoms with van der Waals surface area (Å²) in [6.45, 7) is 4.51. The molecule has 0 fully saturated rings. The summed E-state index contributed by atoms with van der Waals surface area (Å²) < 4.78 is 0. The van der Waals surface area contributed by atoms with Gasteiger partial charge in [-0.25, -0.2) is 0 Å². The van der Waals surface area contributed by atoms with Gasteiger partial charge in [0.15, 0.2) is 0 Å². The van der Waals surface area contributed by atoms with Crippen LogP contribution in [0, 0.1) is 0 Å². The maximum absolute atomic E-state index is 5.47. The predicted octanol–water partition coefficient (Wildman–Crippen LogP) is 5.91. The molecule has 0 spiro atoms. The quantitative estimate of drug-likeness (QED) is 0.163. The molecule has 0 aliphatic carbocycles. The van der Waals surface area contributed by atoms with Crippen LogP contribution in [-0.4, -0.2) is 12.3 Å². The van der Waals surface area contributed by atoms with E-state index in [4.69, 9.17) is 22.9 Å².